The Bertz CT molecular complexity index is 1140. The van der Waals surface area contributed by atoms with E-state index in [0.717, 1.165) is 23.3 Å². The Morgan fingerprint density at radius 3 is 2.58 bits per heavy atom. The summed E-state index contributed by atoms with van der Waals surface area (Å²) in [7, 11) is 0. The third kappa shape index (κ3) is 3.10. The number of hydrogen-bond donors (Lipinski definition) is 0. The minimum absolute atomic E-state index is 0.00722. The zero-order valence-electron chi connectivity index (χ0n) is 17.7. The summed E-state index contributed by atoms with van der Waals surface area (Å²) in [6.45, 7) is 6.58. The maximum Gasteiger partial charge on any atom is 0.415 e. The van der Waals surface area contributed by atoms with Crippen LogP contribution in [0.2, 0.25) is 0 Å². The molecule has 1 atom stereocenters. The molecule has 0 aromatic carbocycles. The van der Waals surface area contributed by atoms with Gasteiger partial charge in [-0.15, -0.1) is 0 Å². The van der Waals surface area contributed by atoms with Crippen LogP contribution in [0.15, 0.2) is 48.4 Å². The zero-order valence-corrected chi connectivity index (χ0v) is 17.7. The SMILES string of the molecule is Cc1ncc(C2=CCC3C(=C2)N(c2cccc(N4CCOC4=O)n2)C(=O)C3(C)C)cn1. The van der Waals surface area contributed by atoms with Gasteiger partial charge >= 0.3 is 6.09 Å². The van der Waals surface area contributed by atoms with Crippen LogP contribution in [0.1, 0.15) is 31.7 Å². The molecular weight excluding hydrogens is 394 g/mol. The third-order valence-electron chi connectivity index (χ3n) is 6.22. The number of amides is 2. The summed E-state index contributed by atoms with van der Waals surface area (Å²) in [5, 5.41) is 0. The lowest BCUT2D eigenvalue weighted by Gasteiger charge is -2.26. The van der Waals surface area contributed by atoms with Gasteiger partial charge in [0, 0.05) is 29.6 Å². The number of carbonyl (C=O) groups is 2. The molecule has 5 rings (SSSR count). The Kier molecular flexibility index (Phi) is 4.39. The van der Waals surface area contributed by atoms with Crippen LogP contribution in [0.3, 0.4) is 0 Å². The average molecular weight is 417 g/mol. The van der Waals surface area contributed by atoms with Gasteiger partial charge in [-0.2, -0.15) is 0 Å². The lowest BCUT2D eigenvalue weighted by atomic mass is 9.75. The number of cyclic esters (lactones) is 1. The van der Waals surface area contributed by atoms with Crippen LogP contribution in [-0.2, 0) is 9.53 Å². The van der Waals surface area contributed by atoms with Gasteiger partial charge in [0.05, 0.1) is 12.0 Å². The average Bonchev–Trinajstić information content (AvgIpc) is 3.27. The Morgan fingerprint density at radius 2 is 1.87 bits per heavy atom. The van der Waals surface area contributed by atoms with E-state index in [1.54, 1.807) is 29.4 Å². The number of carbonyl (C=O) groups excluding carboxylic acids is 2. The van der Waals surface area contributed by atoms with E-state index in [1.165, 1.54) is 4.90 Å². The maximum atomic E-state index is 13.5. The first-order valence-electron chi connectivity index (χ1n) is 10.3. The second-order valence-electron chi connectivity index (χ2n) is 8.52. The topological polar surface area (TPSA) is 88.5 Å². The lowest BCUT2D eigenvalue weighted by Crippen LogP contribution is -2.32. The number of hydrogen-bond acceptors (Lipinski definition) is 6. The molecule has 4 heterocycles. The first-order chi connectivity index (χ1) is 14.9. The van der Waals surface area contributed by atoms with Gasteiger partial charge in [0.2, 0.25) is 5.91 Å². The van der Waals surface area contributed by atoms with Crippen LogP contribution in [-0.4, -0.2) is 40.1 Å². The van der Waals surface area contributed by atoms with Crippen molar-refractivity contribution < 1.29 is 14.3 Å². The van der Waals surface area contributed by atoms with E-state index in [2.05, 4.69) is 21.0 Å². The fourth-order valence-corrected chi connectivity index (χ4v) is 4.39. The molecule has 0 N–H and O–H groups in total. The first-order valence-corrected chi connectivity index (χ1v) is 10.3. The molecule has 0 radical (unpaired) electrons. The summed E-state index contributed by atoms with van der Waals surface area (Å²) in [4.78, 5) is 41.9. The van der Waals surface area contributed by atoms with E-state index >= 15 is 0 Å². The van der Waals surface area contributed by atoms with Crippen LogP contribution in [0, 0.1) is 18.3 Å². The predicted molar refractivity (Wildman–Crippen MR) is 115 cm³/mol. The second-order valence-corrected chi connectivity index (χ2v) is 8.52. The van der Waals surface area contributed by atoms with Crippen molar-refractivity contribution in [3.8, 4) is 0 Å². The number of pyridine rings is 1. The fourth-order valence-electron chi connectivity index (χ4n) is 4.39. The maximum absolute atomic E-state index is 13.5. The summed E-state index contributed by atoms with van der Waals surface area (Å²) in [5.74, 6) is 1.73. The molecule has 0 spiro atoms. The van der Waals surface area contributed by atoms with Gasteiger partial charge in [0.25, 0.3) is 0 Å². The monoisotopic (exact) mass is 417 g/mol. The molecule has 0 bridgehead atoms. The van der Waals surface area contributed by atoms with E-state index in [9.17, 15) is 9.59 Å². The highest BCUT2D eigenvalue weighted by atomic mass is 16.6. The van der Waals surface area contributed by atoms with E-state index < -0.39 is 11.5 Å². The standard InChI is InChI=1S/C23H23N5O3/c1-14-24-12-16(13-25-14)15-7-8-17-18(11-15)28(21(29)23(17,2)3)20-6-4-5-19(26-20)27-9-10-31-22(27)30/h4-7,11-13,17H,8-10H2,1-3H3. The molecule has 8 heteroatoms. The van der Waals surface area contributed by atoms with Crippen molar-refractivity contribution in [1.29, 1.82) is 0 Å². The zero-order chi connectivity index (χ0) is 21.8. The van der Waals surface area contributed by atoms with Crippen LogP contribution in [0.25, 0.3) is 5.57 Å². The number of aromatic nitrogens is 3. The highest BCUT2D eigenvalue weighted by molar-refractivity contribution is 6.04. The first kappa shape index (κ1) is 19.4. The quantitative estimate of drug-likeness (QED) is 0.760. The largest absolute Gasteiger partial charge is 0.447 e. The van der Waals surface area contributed by atoms with Crippen molar-refractivity contribution in [3.63, 3.8) is 0 Å². The van der Waals surface area contributed by atoms with E-state index in [0.29, 0.717) is 30.6 Å². The third-order valence-corrected chi connectivity index (χ3v) is 6.22. The molecule has 2 aromatic heterocycles. The minimum Gasteiger partial charge on any atom is -0.447 e. The molecular formula is C23H23N5O3. The number of anilines is 2. The fraction of sp³-hybridized carbons (Fsp3) is 0.348. The van der Waals surface area contributed by atoms with Gasteiger partial charge in [-0.3, -0.25) is 14.6 Å². The van der Waals surface area contributed by atoms with Crippen molar-refractivity contribution in [2.24, 2.45) is 11.3 Å². The van der Waals surface area contributed by atoms with Gasteiger partial charge in [0.1, 0.15) is 24.1 Å². The normalized spacial score (nSPS) is 22.2. The number of aryl methyl sites for hydroxylation is 1. The molecule has 31 heavy (non-hydrogen) atoms. The molecule has 158 valence electrons. The highest BCUT2D eigenvalue weighted by Gasteiger charge is 2.52. The van der Waals surface area contributed by atoms with Crippen molar-refractivity contribution in [2.75, 3.05) is 23.0 Å². The van der Waals surface area contributed by atoms with Crippen molar-refractivity contribution in [1.82, 2.24) is 15.0 Å². The summed E-state index contributed by atoms with van der Waals surface area (Å²) < 4.78 is 5.03. The Hall–Kier alpha value is -3.55. The van der Waals surface area contributed by atoms with E-state index in [4.69, 9.17) is 4.74 Å². The molecule has 2 amide bonds. The van der Waals surface area contributed by atoms with Gasteiger partial charge in [-0.05, 0) is 37.1 Å². The summed E-state index contributed by atoms with van der Waals surface area (Å²) in [5.41, 5.74) is 2.24. The molecule has 0 saturated carbocycles. The number of rotatable bonds is 3. The van der Waals surface area contributed by atoms with Crippen LogP contribution in [0.4, 0.5) is 16.4 Å². The molecule has 1 aliphatic carbocycles. The number of nitrogens with zero attached hydrogens (tertiary/aromatic N) is 5. The molecule has 2 fully saturated rings. The minimum atomic E-state index is -0.568. The van der Waals surface area contributed by atoms with Crippen molar-refractivity contribution in [3.05, 3.63) is 59.8 Å². The summed E-state index contributed by atoms with van der Waals surface area (Å²) in [6, 6.07) is 5.36. The van der Waals surface area contributed by atoms with Crippen LogP contribution >= 0.6 is 0 Å². The molecule has 2 aliphatic heterocycles. The van der Waals surface area contributed by atoms with Gasteiger partial charge in [-0.1, -0.05) is 26.0 Å². The number of allylic oxidation sites excluding steroid dienone is 4. The van der Waals surface area contributed by atoms with Gasteiger partial charge in [-0.25, -0.2) is 19.7 Å². The Balaban J connectivity index is 1.56. The van der Waals surface area contributed by atoms with Gasteiger partial charge in [0.15, 0.2) is 0 Å². The smallest absolute Gasteiger partial charge is 0.415 e. The summed E-state index contributed by atoms with van der Waals surface area (Å²) in [6.07, 6.45) is 8.10. The molecule has 3 aliphatic rings. The number of fused-ring (bicyclic) bond motifs is 1. The van der Waals surface area contributed by atoms with E-state index in [1.807, 2.05) is 32.9 Å². The second kappa shape index (κ2) is 7.01. The van der Waals surface area contributed by atoms with Crippen molar-refractivity contribution >= 4 is 29.2 Å². The highest BCUT2D eigenvalue weighted by Crippen LogP contribution is 2.50. The molecule has 2 aromatic rings. The molecule has 1 unspecified atom stereocenters. The van der Waals surface area contributed by atoms with E-state index in [-0.39, 0.29) is 11.8 Å². The Morgan fingerprint density at radius 1 is 1.13 bits per heavy atom. The Labute approximate surface area is 180 Å². The lowest BCUT2D eigenvalue weighted by molar-refractivity contribution is -0.125. The molecule has 2 saturated heterocycles. The van der Waals surface area contributed by atoms with Gasteiger partial charge < -0.3 is 4.74 Å². The molecule has 8 nitrogen and oxygen atoms in total. The summed E-state index contributed by atoms with van der Waals surface area (Å²) >= 11 is 0. The van der Waals surface area contributed by atoms with Crippen LogP contribution < -0.4 is 9.80 Å². The van der Waals surface area contributed by atoms with Crippen molar-refractivity contribution in [2.45, 2.75) is 27.2 Å². The van der Waals surface area contributed by atoms with Crippen LogP contribution in [0.5, 0.6) is 0 Å². The predicted octanol–water partition coefficient (Wildman–Crippen LogP) is 3.50. The number of ether oxygens (including phenoxy) is 1.